The van der Waals surface area contributed by atoms with Crippen LogP contribution in [0.1, 0.15) is 24.8 Å². The maximum Gasteiger partial charge on any atom is 0.446 e. The van der Waals surface area contributed by atoms with Crippen molar-refractivity contribution in [1.82, 2.24) is 14.7 Å². The molecule has 1 fully saturated rings. The lowest BCUT2D eigenvalue weighted by Gasteiger charge is -2.35. The molecule has 1 saturated heterocycles. The van der Waals surface area contributed by atoms with Crippen LogP contribution in [0, 0.1) is 0 Å². The van der Waals surface area contributed by atoms with E-state index in [4.69, 9.17) is 5.21 Å². The molecule has 1 amide bonds. The molecular formula is C25H33F3N4O4S2. The van der Waals surface area contributed by atoms with Crippen molar-refractivity contribution in [3.05, 3.63) is 60.2 Å². The Kier molecular flexibility index (Phi) is 11.3. The number of halogens is 3. The van der Waals surface area contributed by atoms with Gasteiger partial charge in [0.25, 0.3) is 0 Å². The standard InChI is InChI=1S/C25H33F3N4O4S2/c26-25(27,28)37-23-11-9-22(10-12-23)31-15-17-32(18-16-31)38(35,36)19-5-14-30(13-4-8-24(33)29-34)20-21-6-2-1-3-7-21/h1-3,6-7,9-12,34H,4-5,8,13-20H2,(H,29,33). The maximum atomic E-state index is 13.0. The second-order valence-electron chi connectivity index (χ2n) is 9.00. The van der Waals surface area contributed by atoms with E-state index in [0.29, 0.717) is 58.7 Å². The number of carbonyl (C=O) groups excluding carboxylic acids is 1. The molecule has 0 atom stereocenters. The molecule has 38 heavy (non-hydrogen) atoms. The van der Waals surface area contributed by atoms with Gasteiger partial charge in [-0.1, -0.05) is 30.3 Å². The Labute approximate surface area is 225 Å². The summed E-state index contributed by atoms with van der Waals surface area (Å²) >= 11 is -0.161. The summed E-state index contributed by atoms with van der Waals surface area (Å²) < 4.78 is 65.1. The number of rotatable bonds is 13. The van der Waals surface area contributed by atoms with Crippen LogP contribution in [0.4, 0.5) is 18.9 Å². The predicted octanol–water partition coefficient (Wildman–Crippen LogP) is 3.93. The minimum absolute atomic E-state index is 0.00121. The van der Waals surface area contributed by atoms with E-state index in [9.17, 15) is 26.4 Å². The lowest BCUT2D eigenvalue weighted by molar-refractivity contribution is -0.129. The van der Waals surface area contributed by atoms with Gasteiger partial charge in [-0.25, -0.2) is 13.9 Å². The van der Waals surface area contributed by atoms with Crippen molar-refractivity contribution in [1.29, 1.82) is 0 Å². The normalized spacial score (nSPS) is 15.1. The van der Waals surface area contributed by atoms with E-state index in [1.807, 2.05) is 35.2 Å². The number of benzene rings is 2. The summed E-state index contributed by atoms with van der Waals surface area (Å²) in [5.74, 6) is -0.457. The Morgan fingerprint density at radius 3 is 2.21 bits per heavy atom. The van der Waals surface area contributed by atoms with Crippen LogP contribution in [0.5, 0.6) is 0 Å². The fourth-order valence-corrected chi connectivity index (χ4v) is 6.32. The number of nitrogens with one attached hydrogen (secondary N) is 1. The van der Waals surface area contributed by atoms with Gasteiger partial charge in [0.2, 0.25) is 15.9 Å². The maximum absolute atomic E-state index is 13.0. The zero-order valence-corrected chi connectivity index (χ0v) is 22.6. The first-order valence-electron chi connectivity index (χ1n) is 12.3. The number of sulfonamides is 1. The first-order chi connectivity index (χ1) is 18.1. The number of alkyl halides is 3. The fourth-order valence-electron chi connectivity index (χ4n) is 4.31. The number of hydroxylamine groups is 1. The van der Waals surface area contributed by atoms with Crippen LogP contribution in [-0.2, 0) is 21.4 Å². The molecule has 1 aliphatic rings. The molecule has 1 heterocycles. The lowest BCUT2D eigenvalue weighted by Crippen LogP contribution is -2.49. The molecule has 13 heteroatoms. The summed E-state index contributed by atoms with van der Waals surface area (Å²) in [6.45, 7) is 3.28. The van der Waals surface area contributed by atoms with Gasteiger partial charge in [-0.15, -0.1) is 0 Å². The van der Waals surface area contributed by atoms with E-state index in [0.717, 1.165) is 11.3 Å². The van der Waals surface area contributed by atoms with Crippen LogP contribution in [0.15, 0.2) is 59.5 Å². The van der Waals surface area contributed by atoms with Crippen molar-refractivity contribution < 1.29 is 31.6 Å². The van der Waals surface area contributed by atoms with Gasteiger partial charge < -0.3 is 4.90 Å². The van der Waals surface area contributed by atoms with E-state index in [1.165, 1.54) is 16.4 Å². The number of hydrogen-bond donors (Lipinski definition) is 2. The quantitative estimate of drug-likeness (QED) is 0.213. The van der Waals surface area contributed by atoms with Crippen LogP contribution in [-0.4, -0.2) is 79.3 Å². The second-order valence-corrected chi connectivity index (χ2v) is 12.2. The zero-order valence-electron chi connectivity index (χ0n) is 20.9. The molecule has 3 rings (SSSR count). The molecule has 2 N–H and O–H groups in total. The third kappa shape index (κ3) is 10.1. The first kappa shape index (κ1) is 30.2. The summed E-state index contributed by atoms with van der Waals surface area (Å²) in [6.07, 6.45) is 1.14. The SMILES string of the molecule is O=C(CCCN(CCCS(=O)(=O)N1CCN(c2ccc(SC(F)(F)F)cc2)CC1)Cc1ccccc1)NO. The van der Waals surface area contributed by atoms with Gasteiger partial charge in [-0.2, -0.15) is 17.5 Å². The van der Waals surface area contributed by atoms with Crippen molar-refractivity contribution in [2.75, 3.05) is 49.9 Å². The predicted molar refractivity (Wildman–Crippen MR) is 141 cm³/mol. The van der Waals surface area contributed by atoms with Gasteiger partial charge in [0.15, 0.2) is 0 Å². The highest BCUT2D eigenvalue weighted by Crippen LogP contribution is 2.37. The van der Waals surface area contributed by atoms with Crippen LogP contribution < -0.4 is 10.4 Å². The summed E-state index contributed by atoms with van der Waals surface area (Å²) in [5, 5.41) is 8.69. The number of anilines is 1. The van der Waals surface area contributed by atoms with E-state index >= 15 is 0 Å². The Hall–Kier alpha value is -2.32. The van der Waals surface area contributed by atoms with Gasteiger partial charge >= 0.3 is 5.51 Å². The van der Waals surface area contributed by atoms with Crippen LogP contribution in [0.3, 0.4) is 0 Å². The van der Waals surface area contributed by atoms with Crippen molar-refractivity contribution in [3.63, 3.8) is 0 Å². The fraction of sp³-hybridized carbons (Fsp3) is 0.480. The van der Waals surface area contributed by atoms with E-state index < -0.39 is 21.4 Å². The molecule has 210 valence electrons. The second kappa shape index (κ2) is 14.2. The molecule has 0 unspecified atom stereocenters. The van der Waals surface area contributed by atoms with E-state index in [2.05, 4.69) is 4.90 Å². The van der Waals surface area contributed by atoms with E-state index in [1.54, 1.807) is 17.6 Å². The molecule has 0 aliphatic carbocycles. The van der Waals surface area contributed by atoms with Gasteiger partial charge in [0, 0.05) is 49.7 Å². The number of hydrogen-bond acceptors (Lipinski definition) is 7. The van der Waals surface area contributed by atoms with Gasteiger partial charge in [0.05, 0.1) is 5.75 Å². The third-order valence-electron chi connectivity index (χ3n) is 6.20. The summed E-state index contributed by atoms with van der Waals surface area (Å²) in [7, 11) is -3.47. The molecule has 0 radical (unpaired) electrons. The van der Waals surface area contributed by atoms with Crippen molar-refractivity contribution in [3.8, 4) is 0 Å². The molecule has 0 aromatic heterocycles. The zero-order chi connectivity index (χ0) is 27.6. The molecule has 2 aromatic carbocycles. The summed E-state index contributed by atoms with van der Waals surface area (Å²) in [4.78, 5) is 15.5. The Balaban J connectivity index is 1.48. The summed E-state index contributed by atoms with van der Waals surface area (Å²) in [5.41, 5.74) is -0.862. The molecule has 2 aromatic rings. The highest BCUT2D eigenvalue weighted by atomic mass is 32.2. The highest BCUT2D eigenvalue weighted by molar-refractivity contribution is 8.00. The molecule has 0 spiro atoms. The van der Waals surface area contributed by atoms with Crippen LogP contribution in [0.25, 0.3) is 0 Å². The van der Waals surface area contributed by atoms with Crippen molar-refractivity contribution in [2.24, 2.45) is 0 Å². The Bertz CT molecular complexity index is 1110. The number of piperazine rings is 1. The number of amides is 1. The minimum atomic E-state index is -4.34. The molecular weight excluding hydrogens is 541 g/mol. The Morgan fingerprint density at radius 2 is 1.61 bits per heavy atom. The van der Waals surface area contributed by atoms with E-state index in [-0.39, 0.29) is 28.8 Å². The smallest absolute Gasteiger partial charge is 0.369 e. The number of thioether (sulfide) groups is 1. The van der Waals surface area contributed by atoms with Crippen LogP contribution in [0.2, 0.25) is 0 Å². The molecule has 8 nitrogen and oxygen atoms in total. The largest absolute Gasteiger partial charge is 0.446 e. The summed E-state index contributed by atoms with van der Waals surface area (Å²) in [6, 6.07) is 15.9. The molecule has 0 bridgehead atoms. The van der Waals surface area contributed by atoms with Gasteiger partial charge in [-0.3, -0.25) is 14.9 Å². The minimum Gasteiger partial charge on any atom is -0.369 e. The average molecular weight is 575 g/mol. The van der Waals surface area contributed by atoms with Crippen molar-refractivity contribution in [2.45, 2.75) is 36.2 Å². The number of nitrogens with zero attached hydrogens (tertiary/aromatic N) is 3. The third-order valence-corrected chi connectivity index (χ3v) is 8.89. The van der Waals surface area contributed by atoms with Gasteiger partial charge in [-0.05, 0) is 67.5 Å². The lowest BCUT2D eigenvalue weighted by atomic mass is 10.2. The highest BCUT2D eigenvalue weighted by Gasteiger charge is 2.30. The molecule has 1 aliphatic heterocycles. The molecule has 0 saturated carbocycles. The monoisotopic (exact) mass is 574 g/mol. The topological polar surface area (TPSA) is 93.2 Å². The van der Waals surface area contributed by atoms with Gasteiger partial charge in [0.1, 0.15) is 0 Å². The van der Waals surface area contributed by atoms with Crippen molar-refractivity contribution >= 4 is 33.4 Å². The van der Waals surface area contributed by atoms with Crippen LogP contribution >= 0.6 is 11.8 Å². The average Bonchev–Trinajstić information content (AvgIpc) is 2.88. The number of carbonyl (C=O) groups is 1. The Morgan fingerprint density at radius 1 is 0.974 bits per heavy atom. The first-order valence-corrected chi connectivity index (χ1v) is 14.8.